The number of rotatable bonds is 0. The van der Waals surface area contributed by atoms with Crippen LogP contribution in [0.5, 0.6) is 0 Å². The quantitative estimate of drug-likeness (QED) is 0.609. The highest BCUT2D eigenvalue weighted by Gasteiger charge is 2.20. The van der Waals surface area contributed by atoms with E-state index in [9.17, 15) is 0 Å². The largest absolute Gasteiger partial charge is 0.292 e. The van der Waals surface area contributed by atoms with Crippen molar-refractivity contribution in [2.45, 2.75) is 34.1 Å². The summed E-state index contributed by atoms with van der Waals surface area (Å²) in [6.07, 6.45) is 3.13. The van der Waals surface area contributed by atoms with Crippen LogP contribution < -0.4 is 0 Å². The summed E-state index contributed by atoms with van der Waals surface area (Å²) in [4.78, 5) is 4.44. The Morgan fingerprint density at radius 3 is 2.53 bits per heavy atom. The van der Waals surface area contributed by atoms with Gasteiger partial charge in [0.25, 0.3) is 0 Å². The smallest absolute Gasteiger partial charge is 0.0443 e. The minimum Gasteiger partial charge on any atom is -0.292 e. The molecule has 1 heteroatoms. The molecule has 0 fully saturated rings. The number of hydrogen-bond acceptors (Lipinski definition) is 1. The van der Waals surface area contributed by atoms with Gasteiger partial charge in [-0.05, 0) is 23.0 Å². The summed E-state index contributed by atoms with van der Waals surface area (Å²) in [5.41, 5.74) is 3.02. The van der Waals surface area contributed by atoms with Gasteiger partial charge in [-0.3, -0.25) is 4.99 Å². The zero-order chi connectivity index (χ0) is 11.3. The number of aliphatic imine (C=N–C) groups is 1. The van der Waals surface area contributed by atoms with Gasteiger partial charge in [0.15, 0.2) is 0 Å². The minimum absolute atomic E-state index is 0.309. The lowest BCUT2D eigenvalue weighted by Crippen LogP contribution is -2.17. The van der Waals surface area contributed by atoms with Crippen molar-refractivity contribution in [3.63, 3.8) is 0 Å². The average Bonchev–Trinajstić information content (AvgIpc) is 2.37. The first kappa shape index (κ1) is 12.0. The second-order valence-corrected chi connectivity index (χ2v) is 4.51. The first-order chi connectivity index (χ1) is 7.17. The molecular formula is C14H21N. The Morgan fingerprint density at radius 1 is 1.13 bits per heavy atom. The predicted octanol–water partition coefficient (Wildman–Crippen LogP) is 3.71. The third kappa shape index (κ3) is 3.19. The van der Waals surface area contributed by atoms with Gasteiger partial charge in [-0.15, -0.1) is 0 Å². The van der Waals surface area contributed by atoms with E-state index in [0.29, 0.717) is 5.41 Å². The van der Waals surface area contributed by atoms with Crippen LogP contribution in [0.15, 0.2) is 29.3 Å². The summed E-state index contributed by atoms with van der Waals surface area (Å²) < 4.78 is 0. The highest BCUT2D eigenvalue weighted by molar-refractivity contribution is 5.82. The number of nitrogens with zero attached hydrogens (tertiary/aromatic N) is 1. The van der Waals surface area contributed by atoms with Crippen LogP contribution in [0.25, 0.3) is 0 Å². The van der Waals surface area contributed by atoms with Crippen LogP contribution in [0.3, 0.4) is 0 Å². The van der Waals surface area contributed by atoms with Gasteiger partial charge in [0.2, 0.25) is 0 Å². The van der Waals surface area contributed by atoms with Gasteiger partial charge in [-0.1, -0.05) is 52.0 Å². The van der Waals surface area contributed by atoms with Gasteiger partial charge in [0.1, 0.15) is 0 Å². The lowest BCUT2D eigenvalue weighted by molar-refractivity contribution is 0.381. The Bertz CT molecular complexity index is 337. The Balaban J connectivity index is 0.000000531. The SMILES string of the molecule is CC.CC1(C)CN=Cc2ccccc2C1. The van der Waals surface area contributed by atoms with Crippen LogP contribution in [-0.4, -0.2) is 12.8 Å². The van der Waals surface area contributed by atoms with Crippen molar-refractivity contribution < 1.29 is 0 Å². The summed E-state index contributed by atoms with van der Waals surface area (Å²) >= 11 is 0. The van der Waals surface area contributed by atoms with Crippen molar-refractivity contribution >= 4 is 6.21 Å². The molecule has 0 unspecified atom stereocenters. The number of fused-ring (bicyclic) bond motifs is 1. The van der Waals surface area contributed by atoms with Crippen molar-refractivity contribution in [1.82, 2.24) is 0 Å². The van der Waals surface area contributed by atoms with E-state index < -0.39 is 0 Å². The standard InChI is InChI=1S/C12H15N.C2H6/c1-12(2)7-10-5-3-4-6-11(10)8-13-9-12;1-2/h3-6,8H,7,9H2,1-2H3;1-2H3. The normalized spacial score (nSPS) is 17.1. The lowest BCUT2D eigenvalue weighted by Gasteiger charge is -2.20. The van der Waals surface area contributed by atoms with Gasteiger partial charge in [-0.25, -0.2) is 0 Å². The Morgan fingerprint density at radius 2 is 1.80 bits per heavy atom. The highest BCUT2D eigenvalue weighted by Crippen LogP contribution is 2.25. The molecule has 1 aromatic rings. The summed E-state index contributed by atoms with van der Waals surface area (Å²) in [6, 6.07) is 8.52. The third-order valence-electron chi connectivity index (χ3n) is 2.47. The van der Waals surface area contributed by atoms with Crippen molar-refractivity contribution in [2.75, 3.05) is 6.54 Å². The molecule has 0 aromatic heterocycles. The van der Waals surface area contributed by atoms with Crippen molar-refractivity contribution in [2.24, 2.45) is 10.4 Å². The van der Waals surface area contributed by atoms with E-state index in [1.807, 2.05) is 20.1 Å². The molecule has 2 rings (SSSR count). The fourth-order valence-corrected chi connectivity index (χ4v) is 1.78. The topological polar surface area (TPSA) is 12.4 Å². The van der Waals surface area contributed by atoms with E-state index in [1.165, 1.54) is 11.1 Å². The second kappa shape index (κ2) is 5.11. The second-order valence-electron chi connectivity index (χ2n) is 4.51. The van der Waals surface area contributed by atoms with Crippen molar-refractivity contribution in [1.29, 1.82) is 0 Å². The molecule has 0 saturated carbocycles. The third-order valence-corrected chi connectivity index (χ3v) is 2.47. The predicted molar refractivity (Wildman–Crippen MR) is 67.7 cm³/mol. The van der Waals surface area contributed by atoms with E-state index in [-0.39, 0.29) is 0 Å². The summed E-state index contributed by atoms with van der Waals surface area (Å²) in [5, 5.41) is 0. The van der Waals surface area contributed by atoms with Gasteiger partial charge in [0.05, 0.1) is 0 Å². The zero-order valence-corrected chi connectivity index (χ0v) is 10.2. The molecule has 0 radical (unpaired) electrons. The molecule has 15 heavy (non-hydrogen) atoms. The van der Waals surface area contributed by atoms with E-state index in [4.69, 9.17) is 0 Å². The van der Waals surface area contributed by atoms with Crippen molar-refractivity contribution in [3.8, 4) is 0 Å². The van der Waals surface area contributed by atoms with E-state index in [0.717, 1.165) is 13.0 Å². The van der Waals surface area contributed by atoms with Crippen LogP contribution in [0.4, 0.5) is 0 Å². The molecule has 82 valence electrons. The first-order valence-corrected chi connectivity index (χ1v) is 5.75. The Hall–Kier alpha value is -1.11. The first-order valence-electron chi connectivity index (χ1n) is 5.75. The van der Waals surface area contributed by atoms with Crippen LogP contribution in [-0.2, 0) is 6.42 Å². The molecule has 0 bridgehead atoms. The van der Waals surface area contributed by atoms with Crippen LogP contribution in [0, 0.1) is 5.41 Å². The fraction of sp³-hybridized carbons (Fsp3) is 0.500. The minimum atomic E-state index is 0.309. The zero-order valence-electron chi connectivity index (χ0n) is 10.2. The molecule has 0 N–H and O–H groups in total. The molecule has 1 aromatic carbocycles. The lowest BCUT2D eigenvalue weighted by atomic mass is 9.85. The number of hydrogen-bond donors (Lipinski definition) is 0. The summed E-state index contributed by atoms with van der Waals surface area (Å²) in [7, 11) is 0. The molecule has 0 spiro atoms. The molecule has 1 aliphatic heterocycles. The van der Waals surface area contributed by atoms with Crippen LogP contribution in [0.2, 0.25) is 0 Å². The molecule has 0 atom stereocenters. The molecule has 0 aliphatic carbocycles. The Labute approximate surface area is 93.2 Å². The average molecular weight is 203 g/mol. The summed E-state index contributed by atoms with van der Waals surface area (Å²) in [5.74, 6) is 0. The molecule has 1 nitrogen and oxygen atoms in total. The maximum absolute atomic E-state index is 4.44. The highest BCUT2D eigenvalue weighted by atomic mass is 14.7. The molecule has 1 heterocycles. The fourth-order valence-electron chi connectivity index (χ4n) is 1.78. The van der Waals surface area contributed by atoms with Gasteiger partial charge in [-0.2, -0.15) is 0 Å². The van der Waals surface area contributed by atoms with E-state index >= 15 is 0 Å². The molecular weight excluding hydrogens is 182 g/mol. The Kier molecular flexibility index (Phi) is 4.07. The maximum atomic E-state index is 4.44. The van der Waals surface area contributed by atoms with E-state index in [2.05, 4.69) is 43.1 Å². The molecule has 1 aliphatic rings. The van der Waals surface area contributed by atoms with Crippen LogP contribution in [0.1, 0.15) is 38.8 Å². The van der Waals surface area contributed by atoms with Crippen molar-refractivity contribution in [3.05, 3.63) is 35.4 Å². The number of benzene rings is 1. The maximum Gasteiger partial charge on any atom is 0.0443 e. The summed E-state index contributed by atoms with van der Waals surface area (Å²) in [6.45, 7) is 9.47. The molecule has 0 saturated heterocycles. The van der Waals surface area contributed by atoms with Gasteiger partial charge >= 0.3 is 0 Å². The van der Waals surface area contributed by atoms with Crippen LogP contribution >= 0.6 is 0 Å². The monoisotopic (exact) mass is 203 g/mol. The van der Waals surface area contributed by atoms with E-state index in [1.54, 1.807) is 0 Å². The van der Waals surface area contributed by atoms with Gasteiger partial charge in [0, 0.05) is 12.8 Å². The molecule has 0 amide bonds. The van der Waals surface area contributed by atoms with Gasteiger partial charge < -0.3 is 0 Å².